The molecule has 2 fully saturated rings. The summed E-state index contributed by atoms with van der Waals surface area (Å²) in [5.41, 5.74) is 4.90. The number of benzene rings is 2. The molecule has 3 atom stereocenters. The van der Waals surface area contributed by atoms with Gasteiger partial charge in [0.1, 0.15) is 5.69 Å². The third-order valence-corrected chi connectivity index (χ3v) is 7.72. The Bertz CT molecular complexity index is 1400. The van der Waals surface area contributed by atoms with Gasteiger partial charge in [-0.25, -0.2) is 0 Å². The summed E-state index contributed by atoms with van der Waals surface area (Å²) in [6.07, 6.45) is 2.58. The SMILES string of the molecule is Cc1ccc(Cn2c(C(=O)N3CCN(C(=O)[C@@H]4C[C@H]4c4ccccc4)[C@@H](C)C3)cc3ccoc32)cc1. The molecule has 2 aromatic heterocycles. The normalized spacial score (nSPS) is 21.7. The van der Waals surface area contributed by atoms with Gasteiger partial charge in [0.05, 0.1) is 12.8 Å². The summed E-state index contributed by atoms with van der Waals surface area (Å²) in [6.45, 7) is 6.32. The molecule has 3 heterocycles. The molecule has 2 aromatic carbocycles. The number of carbonyl (C=O) groups is 2. The maximum absolute atomic E-state index is 13.7. The molecule has 1 saturated heterocycles. The Hall–Kier alpha value is -3.80. The number of aromatic nitrogens is 1. The summed E-state index contributed by atoms with van der Waals surface area (Å²) in [5, 5.41) is 0.924. The lowest BCUT2D eigenvalue weighted by Gasteiger charge is -2.40. The highest BCUT2D eigenvalue weighted by atomic mass is 16.3. The fraction of sp³-hybridized carbons (Fsp3) is 0.333. The molecule has 184 valence electrons. The summed E-state index contributed by atoms with van der Waals surface area (Å²) in [5.74, 6) is 0.603. The van der Waals surface area contributed by atoms with Crippen molar-refractivity contribution in [2.24, 2.45) is 5.92 Å². The maximum atomic E-state index is 13.7. The van der Waals surface area contributed by atoms with Gasteiger partial charge in [0.15, 0.2) is 0 Å². The average molecular weight is 482 g/mol. The molecule has 2 aliphatic rings. The molecule has 0 bridgehead atoms. The van der Waals surface area contributed by atoms with Crippen molar-refractivity contribution in [3.8, 4) is 0 Å². The lowest BCUT2D eigenvalue weighted by molar-refractivity contribution is -0.136. The first-order valence-electron chi connectivity index (χ1n) is 12.8. The zero-order valence-electron chi connectivity index (χ0n) is 20.8. The zero-order chi connectivity index (χ0) is 24.8. The number of hydrogen-bond donors (Lipinski definition) is 0. The molecule has 6 heteroatoms. The largest absolute Gasteiger partial charge is 0.448 e. The Morgan fingerprint density at radius 2 is 1.78 bits per heavy atom. The summed E-state index contributed by atoms with van der Waals surface area (Å²) in [7, 11) is 0. The van der Waals surface area contributed by atoms with Crippen molar-refractivity contribution in [1.82, 2.24) is 14.4 Å². The van der Waals surface area contributed by atoms with Gasteiger partial charge < -0.3 is 18.8 Å². The van der Waals surface area contributed by atoms with Crippen LogP contribution in [0.5, 0.6) is 0 Å². The molecule has 1 aliphatic heterocycles. The van der Waals surface area contributed by atoms with E-state index in [0.717, 1.165) is 17.4 Å². The van der Waals surface area contributed by atoms with Crippen LogP contribution in [0.4, 0.5) is 0 Å². The van der Waals surface area contributed by atoms with E-state index in [1.165, 1.54) is 11.1 Å². The number of hydrogen-bond acceptors (Lipinski definition) is 3. The van der Waals surface area contributed by atoms with E-state index in [0.29, 0.717) is 43.5 Å². The summed E-state index contributed by atoms with van der Waals surface area (Å²) >= 11 is 0. The van der Waals surface area contributed by atoms with Gasteiger partial charge >= 0.3 is 0 Å². The molecule has 0 unspecified atom stereocenters. The van der Waals surface area contributed by atoms with E-state index in [1.807, 2.05) is 44.7 Å². The number of fused-ring (bicyclic) bond motifs is 1. The molecule has 1 aliphatic carbocycles. The van der Waals surface area contributed by atoms with Crippen LogP contribution in [0.25, 0.3) is 11.1 Å². The van der Waals surface area contributed by atoms with Crippen molar-refractivity contribution >= 4 is 22.9 Å². The molecule has 2 amide bonds. The molecule has 6 rings (SSSR count). The van der Waals surface area contributed by atoms with Gasteiger partial charge in [-0.3, -0.25) is 9.59 Å². The van der Waals surface area contributed by atoms with Crippen LogP contribution in [-0.2, 0) is 11.3 Å². The number of furan rings is 1. The van der Waals surface area contributed by atoms with Gasteiger partial charge in [0.25, 0.3) is 5.91 Å². The van der Waals surface area contributed by atoms with E-state index >= 15 is 0 Å². The van der Waals surface area contributed by atoms with Gasteiger partial charge in [-0.15, -0.1) is 0 Å². The quantitative estimate of drug-likeness (QED) is 0.400. The molecule has 0 spiro atoms. The Morgan fingerprint density at radius 1 is 1.00 bits per heavy atom. The zero-order valence-corrected chi connectivity index (χ0v) is 20.8. The predicted octanol–water partition coefficient (Wildman–Crippen LogP) is 5.07. The second-order valence-electron chi connectivity index (χ2n) is 10.3. The van der Waals surface area contributed by atoms with E-state index in [2.05, 4.69) is 50.2 Å². The lowest BCUT2D eigenvalue weighted by atomic mass is 10.1. The van der Waals surface area contributed by atoms with E-state index in [-0.39, 0.29) is 23.8 Å². The van der Waals surface area contributed by atoms with Crippen LogP contribution in [0.15, 0.2) is 77.4 Å². The number of carbonyl (C=O) groups excluding carboxylic acids is 2. The number of aryl methyl sites for hydroxylation is 1. The van der Waals surface area contributed by atoms with Crippen LogP contribution in [0, 0.1) is 12.8 Å². The van der Waals surface area contributed by atoms with Crippen LogP contribution in [-0.4, -0.2) is 51.9 Å². The minimum atomic E-state index is -0.0178. The number of nitrogens with zero attached hydrogens (tertiary/aromatic N) is 3. The second-order valence-corrected chi connectivity index (χ2v) is 10.3. The fourth-order valence-corrected chi connectivity index (χ4v) is 5.57. The van der Waals surface area contributed by atoms with Crippen molar-refractivity contribution in [1.29, 1.82) is 0 Å². The van der Waals surface area contributed by atoms with Crippen molar-refractivity contribution < 1.29 is 14.0 Å². The number of rotatable bonds is 5. The third-order valence-electron chi connectivity index (χ3n) is 7.72. The Balaban J connectivity index is 1.16. The fourth-order valence-electron chi connectivity index (χ4n) is 5.57. The first kappa shape index (κ1) is 22.7. The molecule has 0 radical (unpaired) electrons. The Labute approximate surface area is 211 Å². The highest BCUT2D eigenvalue weighted by Crippen LogP contribution is 2.48. The van der Waals surface area contributed by atoms with Gasteiger partial charge in [0.2, 0.25) is 11.6 Å². The average Bonchev–Trinajstić information content (AvgIpc) is 3.45. The van der Waals surface area contributed by atoms with Gasteiger partial charge in [0, 0.05) is 37.0 Å². The second kappa shape index (κ2) is 9.01. The van der Waals surface area contributed by atoms with Crippen LogP contribution in [0.2, 0.25) is 0 Å². The first-order chi connectivity index (χ1) is 17.5. The Kier molecular flexibility index (Phi) is 5.67. The van der Waals surface area contributed by atoms with Gasteiger partial charge in [-0.1, -0.05) is 60.2 Å². The highest BCUT2D eigenvalue weighted by molar-refractivity contribution is 5.98. The van der Waals surface area contributed by atoms with E-state index < -0.39 is 0 Å². The molecular formula is C30H31N3O3. The first-order valence-corrected chi connectivity index (χ1v) is 12.8. The van der Waals surface area contributed by atoms with E-state index in [4.69, 9.17) is 4.42 Å². The van der Waals surface area contributed by atoms with Crippen LogP contribution in [0.3, 0.4) is 0 Å². The smallest absolute Gasteiger partial charge is 0.270 e. The van der Waals surface area contributed by atoms with Crippen LogP contribution >= 0.6 is 0 Å². The predicted molar refractivity (Wildman–Crippen MR) is 139 cm³/mol. The van der Waals surface area contributed by atoms with E-state index in [1.54, 1.807) is 6.26 Å². The molecule has 36 heavy (non-hydrogen) atoms. The van der Waals surface area contributed by atoms with Crippen molar-refractivity contribution in [2.75, 3.05) is 19.6 Å². The van der Waals surface area contributed by atoms with E-state index in [9.17, 15) is 9.59 Å². The molecule has 4 aromatic rings. The maximum Gasteiger partial charge on any atom is 0.270 e. The third kappa shape index (κ3) is 4.11. The van der Waals surface area contributed by atoms with Crippen LogP contribution < -0.4 is 0 Å². The Morgan fingerprint density at radius 3 is 2.53 bits per heavy atom. The minimum Gasteiger partial charge on any atom is -0.448 e. The topological polar surface area (TPSA) is 58.7 Å². The lowest BCUT2D eigenvalue weighted by Crippen LogP contribution is -2.56. The minimum absolute atomic E-state index is 0.0129. The standard InChI is InChI=1S/C30H31N3O3/c1-20-8-10-22(11-9-20)19-33-27(16-24-12-15-36-30(24)33)29(35)31-13-14-32(21(2)18-31)28(34)26-17-25(26)23-6-4-3-5-7-23/h3-12,15-16,21,25-26H,13-14,17-19H2,1-2H3/t21-,25-,26+/m0/s1. The number of amides is 2. The summed E-state index contributed by atoms with van der Waals surface area (Å²) < 4.78 is 7.72. The van der Waals surface area contributed by atoms with Gasteiger partial charge in [-0.2, -0.15) is 0 Å². The summed E-state index contributed by atoms with van der Waals surface area (Å²) in [4.78, 5) is 30.8. The number of piperazine rings is 1. The highest BCUT2D eigenvalue weighted by Gasteiger charge is 2.47. The molecule has 0 N–H and O–H groups in total. The van der Waals surface area contributed by atoms with Crippen molar-refractivity contribution in [3.05, 3.63) is 95.4 Å². The van der Waals surface area contributed by atoms with Crippen molar-refractivity contribution in [3.63, 3.8) is 0 Å². The monoisotopic (exact) mass is 481 g/mol. The van der Waals surface area contributed by atoms with Crippen LogP contribution in [0.1, 0.15) is 46.4 Å². The molecule has 6 nitrogen and oxygen atoms in total. The van der Waals surface area contributed by atoms with Gasteiger partial charge in [-0.05, 0) is 49.4 Å². The molecular weight excluding hydrogens is 450 g/mol. The van der Waals surface area contributed by atoms with Crippen molar-refractivity contribution in [2.45, 2.75) is 38.8 Å². The summed E-state index contributed by atoms with van der Waals surface area (Å²) in [6, 6.07) is 22.4. The molecule has 1 saturated carbocycles.